The molecule has 0 saturated heterocycles. The van der Waals surface area contributed by atoms with E-state index in [-0.39, 0.29) is 5.92 Å². The first-order chi connectivity index (χ1) is 8.01. The zero-order valence-electron chi connectivity index (χ0n) is 11.6. The van der Waals surface area contributed by atoms with Crippen LogP contribution in [0, 0.1) is 19.8 Å². The number of aliphatic hydroxyl groups excluding tert-OH is 1. The van der Waals surface area contributed by atoms with E-state index >= 15 is 0 Å². The molecule has 2 nitrogen and oxygen atoms in total. The third kappa shape index (κ3) is 3.22. The average molecular weight is 236 g/mol. The van der Waals surface area contributed by atoms with Crippen molar-refractivity contribution >= 4 is 0 Å². The molecular formula is C15H24O2. The second kappa shape index (κ2) is 6.06. The Morgan fingerprint density at radius 3 is 2.47 bits per heavy atom. The molecule has 1 N–H and O–H groups in total. The van der Waals surface area contributed by atoms with Crippen LogP contribution in [0.15, 0.2) is 12.1 Å². The third-order valence-corrected chi connectivity index (χ3v) is 3.29. The molecule has 0 fully saturated rings. The Morgan fingerprint density at radius 1 is 1.29 bits per heavy atom. The van der Waals surface area contributed by atoms with Crippen molar-refractivity contribution < 1.29 is 9.84 Å². The Balaban J connectivity index is 3.11. The van der Waals surface area contributed by atoms with E-state index in [0.717, 1.165) is 29.7 Å². The molecule has 2 atom stereocenters. The molecule has 2 heteroatoms. The number of hydrogen-bond donors (Lipinski definition) is 1. The van der Waals surface area contributed by atoms with Gasteiger partial charge in [-0.05, 0) is 43.4 Å². The van der Waals surface area contributed by atoms with Gasteiger partial charge in [-0.25, -0.2) is 0 Å². The van der Waals surface area contributed by atoms with Crippen LogP contribution in [0.2, 0.25) is 0 Å². The number of hydrogen-bond acceptors (Lipinski definition) is 2. The lowest BCUT2D eigenvalue weighted by molar-refractivity contribution is 0.108. The smallest absolute Gasteiger partial charge is 0.125 e. The lowest BCUT2D eigenvalue weighted by Gasteiger charge is -2.23. The number of ether oxygens (including phenoxy) is 1. The van der Waals surface area contributed by atoms with Gasteiger partial charge >= 0.3 is 0 Å². The van der Waals surface area contributed by atoms with Gasteiger partial charge in [0.25, 0.3) is 0 Å². The summed E-state index contributed by atoms with van der Waals surface area (Å²) >= 11 is 0. The molecule has 0 aromatic heterocycles. The minimum Gasteiger partial charge on any atom is -0.496 e. The number of benzene rings is 1. The average Bonchev–Trinajstić information content (AvgIpc) is 2.27. The van der Waals surface area contributed by atoms with Crippen LogP contribution in [-0.2, 0) is 0 Å². The number of methoxy groups -OCH3 is 1. The zero-order valence-corrected chi connectivity index (χ0v) is 11.6. The number of aliphatic hydroxyl groups is 1. The topological polar surface area (TPSA) is 29.5 Å². The third-order valence-electron chi connectivity index (χ3n) is 3.29. The fourth-order valence-electron chi connectivity index (χ4n) is 2.39. The van der Waals surface area contributed by atoms with E-state index < -0.39 is 6.10 Å². The Bertz CT molecular complexity index is 371. The van der Waals surface area contributed by atoms with Crippen LogP contribution in [0.25, 0.3) is 0 Å². The Labute approximate surface area is 105 Å². The van der Waals surface area contributed by atoms with Crippen LogP contribution < -0.4 is 4.74 Å². The molecule has 0 aliphatic carbocycles. The fraction of sp³-hybridized carbons (Fsp3) is 0.600. The minimum atomic E-state index is -0.439. The normalized spacial score (nSPS) is 14.5. The lowest BCUT2D eigenvalue weighted by Crippen LogP contribution is -2.12. The first-order valence-corrected chi connectivity index (χ1v) is 6.34. The maximum Gasteiger partial charge on any atom is 0.125 e. The highest BCUT2D eigenvalue weighted by Gasteiger charge is 2.21. The molecule has 0 radical (unpaired) electrons. The molecule has 0 saturated carbocycles. The summed E-state index contributed by atoms with van der Waals surface area (Å²) in [6.45, 7) is 8.31. The molecule has 0 aliphatic rings. The summed E-state index contributed by atoms with van der Waals surface area (Å²) in [7, 11) is 1.66. The monoisotopic (exact) mass is 236 g/mol. The van der Waals surface area contributed by atoms with Gasteiger partial charge in [-0.15, -0.1) is 0 Å². The highest BCUT2D eigenvalue weighted by Crippen LogP contribution is 2.35. The van der Waals surface area contributed by atoms with Gasteiger partial charge in [0, 0.05) is 5.56 Å². The molecule has 0 aliphatic heterocycles. The number of rotatable bonds is 5. The summed E-state index contributed by atoms with van der Waals surface area (Å²) in [4.78, 5) is 0. The standard InChI is InChI=1S/C15H24O2/c1-6-7-11(3)15(16)14-12(4)8-10(2)9-13(14)17-5/h8-9,11,15-16H,6-7H2,1-5H3. The van der Waals surface area contributed by atoms with Crippen molar-refractivity contribution in [3.05, 3.63) is 28.8 Å². The van der Waals surface area contributed by atoms with Crippen LogP contribution >= 0.6 is 0 Å². The van der Waals surface area contributed by atoms with Crippen LogP contribution in [0.3, 0.4) is 0 Å². The van der Waals surface area contributed by atoms with E-state index in [0.29, 0.717) is 0 Å². The summed E-state index contributed by atoms with van der Waals surface area (Å²) < 4.78 is 5.40. The SMILES string of the molecule is CCCC(C)C(O)c1c(C)cc(C)cc1OC. The van der Waals surface area contributed by atoms with Crippen molar-refractivity contribution in [1.29, 1.82) is 0 Å². The van der Waals surface area contributed by atoms with Gasteiger partial charge in [-0.3, -0.25) is 0 Å². The van der Waals surface area contributed by atoms with Crippen LogP contribution in [-0.4, -0.2) is 12.2 Å². The Kier molecular flexibility index (Phi) is 5.01. The predicted molar refractivity (Wildman–Crippen MR) is 71.5 cm³/mol. The Hall–Kier alpha value is -1.02. The van der Waals surface area contributed by atoms with Crippen molar-refractivity contribution in [1.82, 2.24) is 0 Å². The largest absolute Gasteiger partial charge is 0.496 e. The molecule has 1 aromatic carbocycles. The molecular weight excluding hydrogens is 212 g/mol. The minimum absolute atomic E-state index is 0.260. The fourth-order valence-corrected chi connectivity index (χ4v) is 2.39. The Morgan fingerprint density at radius 2 is 1.94 bits per heavy atom. The molecule has 96 valence electrons. The van der Waals surface area contributed by atoms with E-state index in [1.807, 2.05) is 19.9 Å². The lowest BCUT2D eigenvalue weighted by atomic mass is 9.89. The van der Waals surface area contributed by atoms with Gasteiger partial charge in [0.05, 0.1) is 13.2 Å². The summed E-state index contributed by atoms with van der Waals surface area (Å²) in [6.07, 6.45) is 1.67. The molecule has 0 heterocycles. The highest BCUT2D eigenvalue weighted by atomic mass is 16.5. The first kappa shape index (κ1) is 14.0. The summed E-state index contributed by atoms with van der Waals surface area (Å²) in [6, 6.07) is 4.09. The number of aryl methyl sites for hydroxylation is 2. The van der Waals surface area contributed by atoms with E-state index in [1.165, 1.54) is 5.56 Å². The second-order valence-electron chi connectivity index (χ2n) is 4.91. The summed E-state index contributed by atoms with van der Waals surface area (Å²) in [5, 5.41) is 10.4. The van der Waals surface area contributed by atoms with Crippen LogP contribution in [0.4, 0.5) is 0 Å². The summed E-state index contributed by atoms with van der Waals surface area (Å²) in [5.74, 6) is 1.06. The van der Waals surface area contributed by atoms with Crippen LogP contribution in [0.1, 0.15) is 49.5 Å². The van der Waals surface area contributed by atoms with Crippen molar-refractivity contribution in [3.63, 3.8) is 0 Å². The molecule has 1 aromatic rings. The molecule has 1 rings (SSSR count). The quantitative estimate of drug-likeness (QED) is 0.843. The first-order valence-electron chi connectivity index (χ1n) is 6.34. The van der Waals surface area contributed by atoms with Gasteiger partial charge in [-0.1, -0.05) is 26.3 Å². The highest BCUT2D eigenvalue weighted by molar-refractivity contribution is 5.44. The van der Waals surface area contributed by atoms with Gasteiger partial charge in [-0.2, -0.15) is 0 Å². The van der Waals surface area contributed by atoms with Crippen LogP contribution in [0.5, 0.6) is 5.75 Å². The predicted octanol–water partition coefficient (Wildman–Crippen LogP) is 3.78. The molecule has 0 amide bonds. The van der Waals surface area contributed by atoms with Gasteiger partial charge < -0.3 is 9.84 Å². The van der Waals surface area contributed by atoms with Crippen molar-refractivity contribution in [2.45, 2.75) is 46.6 Å². The summed E-state index contributed by atoms with van der Waals surface area (Å²) in [5.41, 5.74) is 3.22. The molecule has 17 heavy (non-hydrogen) atoms. The van der Waals surface area contributed by atoms with Gasteiger partial charge in [0.15, 0.2) is 0 Å². The van der Waals surface area contributed by atoms with Crippen molar-refractivity contribution in [2.24, 2.45) is 5.92 Å². The molecule has 2 unspecified atom stereocenters. The zero-order chi connectivity index (χ0) is 13.0. The van der Waals surface area contributed by atoms with E-state index in [9.17, 15) is 5.11 Å². The van der Waals surface area contributed by atoms with E-state index in [2.05, 4.69) is 19.9 Å². The van der Waals surface area contributed by atoms with Crippen molar-refractivity contribution in [3.8, 4) is 5.75 Å². The van der Waals surface area contributed by atoms with Gasteiger partial charge in [0.1, 0.15) is 5.75 Å². The maximum atomic E-state index is 10.4. The van der Waals surface area contributed by atoms with E-state index in [4.69, 9.17) is 4.74 Å². The molecule has 0 spiro atoms. The van der Waals surface area contributed by atoms with Crippen molar-refractivity contribution in [2.75, 3.05) is 7.11 Å². The van der Waals surface area contributed by atoms with Gasteiger partial charge in [0.2, 0.25) is 0 Å². The van der Waals surface area contributed by atoms with E-state index in [1.54, 1.807) is 7.11 Å². The second-order valence-corrected chi connectivity index (χ2v) is 4.91. The maximum absolute atomic E-state index is 10.4. The molecule has 0 bridgehead atoms.